The van der Waals surface area contributed by atoms with E-state index in [0.717, 1.165) is 25.3 Å². The minimum atomic E-state index is -1.33. The summed E-state index contributed by atoms with van der Waals surface area (Å²) in [5.41, 5.74) is -0.387. The first-order valence-corrected chi connectivity index (χ1v) is 9.99. The van der Waals surface area contributed by atoms with Gasteiger partial charge >= 0.3 is 5.97 Å². The van der Waals surface area contributed by atoms with Crippen molar-refractivity contribution in [2.24, 2.45) is 5.92 Å². The molecule has 1 aliphatic carbocycles. The third-order valence-corrected chi connectivity index (χ3v) is 6.11. The summed E-state index contributed by atoms with van der Waals surface area (Å²) in [4.78, 5) is 26.2. The summed E-state index contributed by atoms with van der Waals surface area (Å²) in [5.74, 6) is -1.69. The van der Waals surface area contributed by atoms with Gasteiger partial charge in [-0.3, -0.25) is 4.79 Å². The number of halogens is 1. The van der Waals surface area contributed by atoms with Gasteiger partial charge < -0.3 is 24.4 Å². The van der Waals surface area contributed by atoms with Gasteiger partial charge in [0, 0.05) is 31.2 Å². The molecule has 2 aromatic rings. The monoisotopic (exact) mass is 404 g/mol. The lowest BCUT2D eigenvalue weighted by molar-refractivity contribution is 0.0694. The minimum absolute atomic E-state index is 0.0129. The molecule has 1 saturated carbocycles. The first-order chi connectivity index (χ1) is 13.9. The Bertz CT molecular complexity index is 1030. The summed E-state index contributed by atoms with van der Waals surface area (Å²) in [7, 11) is 1.43. The number of rotatable bonds is 5. The Kier molecular flexibility index (Phi) is 4.98. The van der Waals surface area contributed by atoms with Crippen LogP contribution in [0.15, 0.2) is 17.1 Å². The third-order valence-electron chi connectivity index (χ3n) is 6.11. The van der Waals surface area contributed by atoms with E-state index in [9.17, 15) is 19.8 Å². The van der Waals surface area contributed by atoms with Gasteiger partial charge in [-0.15, -0.1) is 0 Å². The van der Waals surface area contributed by atoms with Gasteiger partial charge in [0.1, 0.15) is 11.3 Å². The lowest BCUT2D eigenvalue weighted by atomic mass is 9.92. The van der Waals surface area contributed by atoms with E-state index < -0.39 is 23.3 Å². The standard InChI is InChI=1S/C21H25FN2O5/c1-3-11-9-23(7-6-16(11)25)18-15(22)8-13-17(20(18)29-2)24(12-4-5-12)10-14(19(13)26)21(27)28/h8,10-12,16,25H,3-7,9H2,1-2H3,(H,27,28)/t11-,16-/m1/s1. The SMILES string of the molecule is CC[C@@H]1CN(c2c(F)cc3c(=O)c(C(=O)O)cn(C4CC4)c3c2OC)CC[C@H]1O. The topological polar surface area (TPSA) is 92.0 Å². The molecule has 0 unspecified atom stereocenters. The van der Waals surface area contributed by atoms with Crippen LogP contribution in [-0.4, -0.2) is 47.1 Å². The highest BCUT2D eigenvalue weighted by Crippen LogP contribution is 2.44. The quantitative estimate of drug-likeness (QED) is 0.796. The molecule has 0 bridgehead atoms. The van der Waals surface area contributed by atoms with E-state index in [1.807, 2.05) is 11.8 Å². The number of carboxylic acid groups (broad SMARTS) is 1. The molecule has 4 rings (SSSR count). The van der Waals surface area contributed by atoms with Crippen molar-refractivity contribution < 1.29 is 24.1 Å². The van der Waals surface area contributed by atoms with Crippen molar-refractivity contribution in [1.82, 2.24) is 4.57 Å². The molecule has 0 radical (unpaired) electrons. The second kappa shape index (κ2) is 7.33. The number of pyridine rings is 1. The lowest BCUT2D eigenvalue weighted by Gasteiger charge is -2.38. The molecule has 2 heterocycles. The van der Waals surface area contributed by atoms with Crippen molar-refractivity contribution >= 4 is 22.6 Å². The normalized spacial score (nSPS) is 22.1. The Morgan fingerprint density at radius 3 is 2.66 bits per heavy atom. The van der Waals surface area contributed by atoms with E-state index in [1.54, 1.807) is 4.57 Å². The first-order valence-electron chi connectivity index (χ1n) is 9.99. The van der Waals surface area contributed by atoms with Crippen LogP contribution in [-0.2, 0) is 0 Å². The zero-order valence-corrected chi connectivity index (χ0v) is 16.5. The van der Waals surface area contributed by atoms with Gasteiger partial charge in [0.25, 0.3) is 0 Å². The number of piperidine rings is 1. The van der Waals surface area contributed by atoms with Crippen LogP contribution in [0.3, 0.4) is 0 Å². The van der Waals surface area contributed by atoms with E-state index in [2.05, 4.69) is 0 Å². The van der Waals surface area contributed by atoms with Gasteiger partial charge in [-0.1, -0.05) is 6.92 Å². The molecule has 2 aliphatic rings. The number of aliphatic hydroxyl groups excluding tert-OH is 1. The number of fused-ring (bicyclic) bond motifs is 1. The summed E-state index contributed by atoms with van der Waals surface area (Å²) in [6.45, 7) is 2.94. The molecule has 1 aliphatic heterocycles. The fourth-order valence-electron chi connectivity index (χ4n) is 4.35. The molecule has 0 amide bonds. The number of aliphatic hydroxyl groups is 1. The number of aromatic nitrogens is 1. The van der Waals surface area contributed by atoms with Crippen molar-refractivity contribution in [1.29, 1.82) is 0 Å². The highest BCUT2D eigenvalue weighted by atomic mass is 19.1. The van der Waals surface area contributed by atoms with Gasteiger partial charge in [-0.25, -0.2) is 9.18 Å². The van der Waals surface area contributed by atoms with Crippen molar-refractivity contribution in [2.45, 2.75) is 44.8 Å². The Morgan fingerprint density at radius 2 is 2.07 bits per heavy atom. The van der Waals surface area contributed by atoms with Crippen molar-refractivity contribution in [3.05, 3.63) is 33.9 Å². The van der Waals surface area contributed by atoms with Gasteiger partial charge in [0.05, 0.1) is 24.1 Å². The number of carbonyl (C=O) groups is 1. The fraction of sp³-hybridized carbons (Fsp3) is 0.524. The van der Waals surface area contributed by atoms with Crippen LogP contribution in [0, 0.1) is 11.7 Å². The maximum absolute atomic E-state index is 15.3. The number of hydrogen-bond acceptors (Lipinski definition) is 5. The van der Waals surface area contributed by atoms with Crippen LogP contribution >= 0.6 is 0 Å². The highest BCUT2D eigenvalue weighted by molar-refractivity contribution is 5.97. The van der Waals surface area contributed by atoms with Crippen LogP contribution < -0.4 is 15.1 Å². The Hall–Kier alpha value is -2.61. The molecular formula is C21H25FN2O5. The van der Waals surface area contributed by atoms with Crippen LogP contribution in [0.5, 0.6) is 5.75 Å². The fourth-order valence-corrected chi connectivity index (χ4v) is 4.35. The molecule has 29 heavy (non-hydrogen) atoms. The van der Waals surface area contributed by atoms with E-state index >= 15 is 4.39 Å². The van der Waals surface area contributed by atoms with Crippen LogP contribution in [0.1, 0.15) is 49.0 Å². The number of aromatic carboxylic acids is 1. The lowest BCUT2D eigenvalue weighted by Crippen LogP contribution is -2.43. The molecule has 1 aromatic heterocycles. The molecule has 1 aromatic carbocycles. The average Bonchev–Trinajstić information content (AvgIpc) is 3.53. The molecule has 2 fully saturated rings. The highest BCUT2D eigenvalue weighted by Gasteiger charge is 2.33. The largest absolute Gasteiger partial charge is 0.492 e. The third kappa shape index (κ3) is 3.25. The summed E-state index contributed by atoms with van der Waals surface area (Å²) >= 11 is 0. The summed E-state index contributed by atoms with van der Waals surface area (Å²) in [5, 5.41) is 19.6. The number of ether oxygens (including phenoxy) is 1. The number of methoxy groups -OCH3 is 1. The average molecular weight is 404 g/mol. The van der Waals surface area contributed by atoms with Gasteiger partial charge in [-0.2, -0.15) is 0 Å². The van der Waals surface area contributed by atoms with Crippen LogP contribution in [0.4, 0.5) is 10.1 Å². The number of anilines is 1. The van der Waals surface area contributed by atoms with E-state index in [-0.39, 0.29) is 34.3 Å². The predicted octanol–water partition coefficient (Wildman–Crippen LogP) is 2.78. The molecule has 2 atom stereocenters. The molecule has 0 spiro atoms. The van der Waals surface area contributed by atoms with Gasteiger partial charge in [-0.05, 0) is 31.7 Å². The number of nitrogens with zero attached hydrogens (tertiary/aromatic N) is 2. The molecule has 7 nitrogen and oxygen atoms in total. The predicted molar refractivity (Wildman–Crippen MR) is 107 cm³/mol. The van der Waals surface area contributed by atoms with Crippen molar-refractivity contribution in [2.75, 3.05) is 25.1 Å². The minimum Gasteiger partial charge on any atom is -0.492 e. The van der Waals surface area contributed by atoms with Crippen molar-refractivity contribution in [3.8, 4) is 5.75 Å². The van der Waals surface area contributed by atoms with Gasteiger partial charge in [0.15, 0.2) is 11.6 Å². The summed E-state index contributed by atoms with van der Waals surface area (Å²) < 4.78 is 22.6. The Labute approximate surface area is 167 Å². The number of carboxylic acids is 1. The second-order valence-electron chi connectivity index (χ2n) is 7.92. The molecule has 8 heteroatoms. The van der Waals surface area contributed by atoms with Crippen molar-refractivity contribution in [3.63, 3.8) is 0 Å². The zero-order valence-electron chi connectivity index (χ0n) is 16.5. The molecule has 2 N–H and O–H groups in total. The van der Waals surface area contributed by atoms with E-state index in [1.165, 1.54) is 13.3 Å². The maximum atomic E-state index is 15.3. The van der Waals surface area contributed by atoms with E-state index in [0.29, 0.717) is 25.0 Å². The Morgan fingerprint density at radius 1 is 1.34 bits per heavy atom. The summed E-state index contributed by atoms with van der Waals surface area (Å²) in [6, 6.07) is 1.20. The number of benzene rings is 1. The van der Waals surface area contributed by atoms with E-state index in [4.69, 9.17) is 4.74 Å². The van der Waals surface area contributed by atoms with Gasteiger partial charge in [0.2, 0.25) is 5.43 Å². The molecule has 1 saturated heterocycles. The smallest absolute Gasteiger partial charge is 0.341 e. The summed E-state index contributed by atoms with van der Waals surface area (Å²) in [6.07, 6.45) is 3.94. The molecular weight excluding hydrogens is 379 g/mol. The second-order valence-corrected chi connectivity index (χ2v) is 7.92. The maximum Gasteiger partial charge on any atom is 0.341 e. The number of hydrogen-bond donors (Lipinski definition) is 2. The zero-order chi connectivity index (χ0) is 20.9. The Balaban J connectivity index is 1.97. The first kappa shape index (κ1) is 19.7. The molecule has 156 valence electrons. The van der Waals surface area contributed by atoms with Crippen LogP contribution in [0.25, 0.3) is 10.9 Å². The van der Waals surface area contributed by atoms with Crippen LogP contribution in [0.2, 0.25) is 0 Å².